The van der Waals surface area contributed by atoms with E-state index in [-0.39, 0.29) is 35.0 Å². The number of halogens is 1. The van der Waals surface area contributed by atoms with E-state index in [9.17, 15) is 10.1 Å². The topological polar surface area (TPSA) is 92.8 Å². The molecule has 0 radical (unpaired) electrons. The van der Waals surface area contributed by atoms with Crippen LogP contribution in [0.1, 0.15) is 37.4 Å². The molecular weight excluding hydrogens is 418 g/mol. The fourth-order valence-corrected chi connectivity index (χ4v) is 4.07. The molecule has 160 valence electrons. The number of hydrogen-bond acceptors (Lipinski definition) is 6. The van der Waals surface area contributed by atoms with Crippen LogP contribution in [0.25, 0.3) is 5.52 Å². The standard InChI is InChI=1S/C22H22ClN5O3/c1-13(15-4-6-18(30-3)7-5-15)27-11-16(8-20(27)29)14(2)31-22-21-17(9-24)10-25-28(21)12-19(23)26-22/h4-7,10,12-14,16H,8,11H2,1-3H3/t13-,14-,16?/m1/s1. The normalized spacial score (nSPS) is 18.1. The first-order valence-corrected chi connectivity index (χ1v) is 10.3. The Morgan fingerprint density at radius 3 is 2.71 bits per heavy atom. The smallest absolute Gasteiger partial charge is 0.243 e. The van der Waals surface area contributed by atoms with Crippen LogP contribution in [0.3, 0.4) is 0 Å². The van der Waals surface area contributed by atoms with Crippen molar-refractivity contribution in [3.63, 3.8) is 0 Å². The molecule has 0 saturated carbocycles. The highest BCUT2D eigenvalue weighted by atomic mass is 35.5. The largest absolute Gasteiger partial charge is 0.497 e. The van der Waals surface area contributed by atoms with Gasteiger partial charge in [-0.2, -0.15) is 15.3 Å². The number of nitriles is 1. The summed E-state index contributed by atoms with van der Waals surface area (Å²) >= 11 is 6.09. The lowest BCUT2D eigenvalue weighted by molar-refractivity contribution is -0.129. The van der Waals surface area contributed by atoms with E-state index < -0.39 is 0 Å². The minimum atomic E-state index is -0.312. The van der Waals surface area contributed by atoms with Gasteiger partial charge in [-0.3, -0.25) is 4.79 Å². The first-order chi connectivity index (χ1) is 14.9. The zero-order valence-electron chi connectivity index (χ0n) is 17.4. The second kappa shape index (κ2) is 8.44. The van der Waals surface area contributed by atoms with Gasteiger partial charge in [0, 0.05) is 18.9 Å². The van der Waals surface area contributed by atoms with E-state index in [4.69, 9.17) is 21.1 Å². The van der Waals surface area contributed by atoms with Gasteiger partial charge in [0.05, 0.1) is 25.5 Å². The molecule has 3 aromatic rings. The van der Waals surface area contributed by atoms with E-state index >= 15 is 0 Å². The van der Waals surface area contributed by atoms with Crippen molar-refractivity contribution < 1.29 is 14.3 Å². The van der Waals surface area contributed by atoms with Crippen LogP contribution >= 0.6 is 11.6 Å². The number of rotatable bonds is 6. The van der Waals surface area contributed by atoms with E-state index in [1.807, 2.05) is 43.0 Å². The number of ether oxygens (including phenoxy) is 2. The number of benzene rings is 1. The molecule has 31 heavy (non-hydrogen) atoms. The molecule has 1 aliphatic rings. The van der Waals surface area contributed by atoms with E-state index in [1.165, 1.54) is 16.9 Å². The third-order valence-corrected chi connectivity index (χ3v) is 5.95. The Labute approximate surface area is 185 Å². The predicted octanol–water partition coefficient (Wildman–Crippen LogP) is 3.64. The highest BCUT2D eigenvalue weighted by molar-refractivity contribution is 6.29. The van der Waals surface area contributed by atoms with E-state index in [2.05, 4.69) is 16.2 Å². The Hall–Kier alpha value is -3.31. The number of carbonyl (C=O) groups is 1. The highest BCUT2D eigenvalue weighted by Gasteiger charge is 2.37. The van der Waals surface area contributed by atoms with Crippen molar-refractivity contribution in [3.8, 4) is 17.7 Å². The number of carbonyl (C=O) groups excluding carboxylic acids is 1. The zero-order valence-corrected chi connectivity index (χ0v) is 18.2. The Morgan fingerprint density at radius 2 is 2.03 bits per heavy atom. The lowest BCUT2D eigenvalue weighted by atomic mass is 10.0. The first-order valence-electron chi connectivity index (χ1n) is 9.95. The molecule has 1 unspecified atom stereocenters. The monoisotopic (exact) mass is 439 g/mol. The summed E-state index contributed by atoms with van der Waals surface area (Å²) in [5.74, 6) is 1.07. The zero-order chi connectivity index (χ0) is 22.1. The van der Waals surface area contributed by atoms with Gasteiger partial charge in [-0.1, -0.05) is 23.7 Å². The number of amides is 1. The minimum Gasteiger partial charge on any atom is -0.497 e. The second-order valence-corrected chi connectivity index (χ2v) is 8.00. The lowest BCUT2D eigenvalue weighted by Crippen LogP contribution is -2.31. The fourth-order valence-electron chi connectivity index (χ4n) is 3.90. The van der Waals surface area contributed by atoms with Crippen molar-refractivity contribution in [2.75, 3.05) is 13.7 Å². The Balaban J connectivity index is 1.51. The van der Waals surface area contributed by atoms with Crippen molar-refractivity contribution >= 4 is 23.0 Å². The van der Waals surface area contributed by atoms with Gasteiger partial charge in [0.1, 0.15) is 29.0 Å². The van der Waals surface area contributed by atoms with Crippen LogP contribution in [-0.2, 0) is 4.79 Å². The van der Waals surface area contributed by atoms with E-state index in [0.29, 0.717) is 24.0 Å². The molecule has 9 heteroatoms. The van der Waals surface area contributed by atoms with Crippen molar-refractivity contribution in [2.45, 2.75) is 32.4 Å². The molecule has 4 rings (SSSR count). The van der Waals surface area contributed by atoms with Crippen LogP contribution in [-0.4, -0.2) is 45.2 Å². The third kappa shape index (κ3) is 4.01. The molecular formula is C22H22ClN5O3. The third-order valence-electron chi connectivity index (χ3n) is 5.77. The Bertz CT molecular complexity index is 1150. The molecule has 1 fully saturated rings. The highest BCUT2D eigenvalue weighted by Crippen LogP contribution is 2.33. The molecule has 0 spiro atoms. The van der Waals surface area contributed by atoms with Gasteiger partial charge in [-0.05, 0) is 31.5 Å². The maximum absolute atomic E-state index is 12.8. The molecule has 3 heterocycles. The summed E-state index contributed by atoms with van der Waals surface area (Å²) in [4.78, 5) is 18.9. The molecule has 0 N–H and O–H groups in total. The van der Waals surface area contributed by atoms with Gasteiger partial charge in [-0.25, -0.2) is 4.52 Å². The summed E-state index contributed by atoms with van der Waals surface area (Å²) in [6.07, 6.45) is 3.03. The van der Waals surface area contributed by atoms with Crippen LogP contribution < -0.4 is 9.47 Å². The average molecular weight is 440 g/mol. The maximum Gasteiger partial charge on any atom is 0.243 e. The number of nitrogens with zero attached hydrogens (tertiary/aromatic N) is 5. The van der Waals surface area contributed by atoms with E-state index in [0.717, 1.165) is 11.3 Å². The van der Waals surface area contributed by atoms with Gasteiger partial charge >= 0.3 is 0 Å². The van der Waals surface area contributed by atoms with Crippen LogP contribution in [0.5, 0.6) is 11.6 Å². The molecule has 3 atom stereocenters. The van der Waals surface area contributed by atoms with Crippen molar-refractivity contribution in [1.82, 2.24) is 19.5 Å². The second-order valence-electron chi connectivity index (χ2n) is 7.61. The summed E-state index contributed by atoms with van der Waals surface area (Å²) in [5, 5.41) is 13.7. The van der Waals surface area contributed by atoms with Crippen LogP contribution in [0.15, 0.2) is 36.7 Å². The summed E-state index contributed by atoms with van der Waals surface area (Å²) in [7, 11) is 1.63. The van der Waals surface area contributed by atoms with Gasteiger partial charge in [0.15, 0.2) is 5.15 Å². The molecule has 1 amide bonds. The summed E-state index contributed by atoms with van der Waals surface area (Å²) in [6.45, 7) is 4.48. The molecule has 1 saturated heterocycles. The van der Waals surface area contributed by atoms with Gasteiger partial charge in [0.25, 0.3) is 0 Å². The van der Waals surface area contributed by atoms with Crippen LogP contribution in [0, 0.1) is 17.2 Å². The maximum atomic E-state index is 12.8. The van der Waals surface area contributed by atoms with Crippen molar-refractivity contribution in [1.29, 1.82) is 5.26 Å². The molecule has 1 aromatic carbocycles. The molecule has 1 aliphatic heterocycles. The van der Waals surface area contributed by atoms with E-state index in [1.54, 1.807) is 7.11 Å². The van der Waals surface area contributed by atoms with Gasteiger partial charge in [0.2, 0.25) is 11.8 Å². The quantitative estimate of drug-likeness (QED) is 0.582. The molecule has 0 aliphatic carbocycles. The minimum absolute atomic E-state index is 0.0255. The lowest BCUT2D eigenvalue weighted by Gasteiger charge is -2.26. The van der Waals surface area contributed by atoms with Gasteiger partial charge < -0.3 is 14.4 Å². The Kier molecular flexibility index (Phi) is 5.70. The fraction of sp³-hybridized carbons (Fsp3) is 0.364. The average Bonchev–Trinajstić information content (AvgIpc) is 3.36. The SMILES string of the molecule is COc1ccc([C@@H](C)N2CC([C@@H](C)Oc3nc(Cl)cn4ncc(C#N)c34)CC2=O)cc1. The molecule has 2 aromatic heterocycles. The summed E-state index contributed by atoms with van der Waals surface area (Å²) in [6, 6.07) is 9.76. The predicted molar refractivity (Wildman–Crippen MR) is 114 cm³/mol. The number of fused-ring (bicyclic) bond motifs is 1. The number of hydrogen-bond donors (Lipinski definition) is 0. The van der Waals surface area contributed by atoms with Crippen molar-refractivity contribution in [3.05, 3.63) is 52.9 Å². The number of aromatic nitrogens is 3. The Morgan fingerprint density at radius 1 is 1.29 bits per heavy atom. The summed E-state index contributed by atoms with van der Waals surface area (Å²) < 4.78 is 12.8. The van der Waals surface area contributed by atoms with Gasteiger partial charge in [-0.15, -0.1) is 0 Å². The summed E-state index contributed by atoms with van der Waals surface area (Å²) in [5.41, 5.74) is 1.86. The first kappa shape index (κ1) is 20.9. The molecule has 0 bridgehead atoms. The van der Waals surface area contributed by atoms with Crippen molar-refractivity contribution in [2.24, 2.45) is 5.92 Å². The molecule has 8 nitrogen and oxygen atoms in total. The number of likely N-dealkylation sites (tertiary alicyclic amines) is 1. The number of methoxy groups -OCH3 is 1. The van der Waals surface area contributed by atoms with Crippen LogP contribution in [0.2, 0.25) is 5.15 Å². The van der Waals surface area contributed by atoms with Crippen LogP contribution in [0.4, 0.5) is 0 Å².